The van der Waals surface area contributed by atoms with Gasteiger partial charge in [0.15, 0.2) is 5.82 Å². The Labute approximate surface area is 106 Å². The van der Waals surface area contributed by atoms with Gasteiger partial charge in [-0.15, -0.1) is 0 Å². The Morgan fingerprint density at radius 3 is 2.50 bits per heavy atom. The monoisotopic (exact) mass is 246 g/mol. The van der Waals surface area contributed by atoms with Crippen LogP contribution in [0, 0.1) is 6.92 Å². The van der Waals surface area contributed by atoms with Crippen LogP contribution in [0.1, 0.15) is 25.7 Å². The van der Waals surface area contributed by atoms with Crippen LogP contribution in [-0.2, 0) is 0 Å². The average molecular weight is 246 g/mol. The third-order valence-electron chi connectivity index (χ3n) is 2.49. The van der Waals surface area contributed by atoms with Crippen LogP contribution in [0.25, 0.3) is 0 Å². The Hall–Kier alpha value is -2.11. The highest BCUT2D eigenvalue weighted by Gasteiger charge is 2.05. The fraction of sp³-hybridized carbons (Fsp3) is 0.417. The summed E-state index contributed by atoms with van der Waals surface area (Å²) in [5, 5.41) is 10.6. The molecule has 0 radical (unpaired) electrons. The molecule has 0 fully saturated rings. The molecule has 0 saturated heterocycles. The molecule has 0 amide bonds. The van der Waals surface area contributed by atoms with Gasteiger partial charge < -0.3 is 10.6 Å². The van der Waals surface area contributed by atoms with E-state index in [1.165, 1.54) is 0 Å². The van der Waals surface area contributed by atoms with Gasteiger partial charge >= 0.3 is 0 Å². The molecule has 96 valence electrons. The molecule has 2 aromatic rings. The zero-order valence-corrected chi connectivity index (χ0v) is 11.1. The molecular weight excluding hydrogens is 228 g/mol. The van der Waals surface area contributed by atoms with Crippen LogP contribution in [0.3, 0.4) is 0 Å². The number of aryl methyl sites for hydroxylation is 1. The quantitative estimate of drug-likeness (QED) is 0.866. The standard InChI is InChI=1S/C12H18N6/c1-8(2)18-6-5-10(17-18)16-12-7-11(13-4)14-9(3)15-12/h5-8H,1-4H3,(H2,13,14,15,16,17). The molecule has 0 atom stereocenters. The number of nitrogens with zero attached hydrogens (tertiary/aromatic N) is 4. The predicted molar refractivity (Wildman–Crippen MR) is 72.2 cm³/mol. The summed E-state index contributed by atoms with van der Waals surface area (Å²) in [6, 6.07) is 4.12. The molecule has 0 spiro atoms. The highest BCUT2D eigenvalue weighted by molar-refractivity contribution is 5.55. The Morgan fingerprint density at radius 2 is 1.89 bits per heavy atom. The van der Waals surface area contributed by atoms with Gasteiger partial charge in [0.2, 0.25) is 0 Å². The molecule has 0 bridgehead atoms. The average Bonchev–Trinajstić information content (AvgIpc) is 2.76. The smallest absolute Gasteiger partial charge is 0.153 e. The molecule has 0 aliphatic carbocycles. The van der Waals surface area contributed by atoms with E-state index in [2.05, 4.69) is 39.5 Å². The van der Waals surface area contributed by atoms with Gasteiger partial charge in [-0.3, -0.25) is 4.68 Å². The van der Waals surface area contributed by atoms with Crippen molar-refractivity contribution in [2.75, 3.05) is 17.7 Å². The van der Waals surface area contributed by atoms with E-state index < -0.39 is 0 Å². The van der Waals surface area contributed by atoms with Gasteiger partial charge in [0.05, 0.1) is 0 Å². The number of aromatic nitrogens is 4. The van der Waals surface area contributed by atoms with Crippen molar-refractivity contribution in [2.45, 2.75) is 26.8 Å². The second-order valence-electron chi connectivity index (χ2n) is 4.34. The lowest BCUT2D eigenvalue weighted by Gasteiger charge is -2.07. The fourth-order valence-electron chi connectivity index (χ4n) is 1.58. The molecule has 2 aromatic heterocycles. The highest BCUT2D eigenvalue weighted by Crippen LogP contribution is 2.16. The molecule has 6 heteroatoms. The van der Waals surface area contributed by atoms with Gasteiger partial charge in [-0.25, -0.2) is 9.97 Å². The Bertz CT molecular complexity index is 531. The first-order valence-corrected chi connectivity index (χ1v) is 5.94. The van der Waals surface area contributed by atoms with Crippen molar-refractivity contribution >= 4 is 17.5 Å². The number of anilines is 3. The molecule has 2 rings (SSSR count). The van der Waals surface area contributed by atoms with Crippen LogP contribution in [-0.4, -0.2) is 26.8 Å². The number of nitrogens with one attached hydrogen (secondary N) is 2. The van der Waals surface area contributed by atoms with Crippen LogP contribution in [0.2, 0.25) is 0 Å². The maximum atomic E-state index is 4.41. The largest absolute Gasteiger partial charge is 0.373 e. The van der Waals surface area contributed by atoms with Gasteiger partial charge in [-0.1, -0.05) is 0 Å². The van der Waals surface area contributed by atoms with Crippen molar-refractivity contribution in [2.24, 2.45) is 0 Å². The maximum absolute atomic E-state index is 4.41. The third kappa shape index (κ3) is 2.77. The molecule has 0 saturated carbocycles. The normalized spacial score (nSPS) is 10.7. The summed E-state index contributed by atoms with van der Waals surface area (Å²) in [5.41, 5.74) is 0. The van der Waals surface area contributed by atoms with Crippen molar-refractivity contribution in [3.05, 3.63) is 24.2 Å². The molecule has 0 aliphatic heterocycles. The highest BCUT2D eigenvalue weighted by atomic mass is 15.3. The second-order valence-corrected chi connectivity index (χ2v) is 4.34. The van der Waals surface area contributed by atoms with Crippen LogP contribution in [0.4, 0.5) is 17.5 Å². The van der Waals surface area contributed by atoms with Crippen LogP contribution < -0.4 is 10.6 Å². The van der Waals surface area contributed by atoms with Crippen molar-refractivity contribution < 1.29 is 0 Å². The van der Waals surface area contributed by atoms with Gasteiger partial charge in [-0.05, 0) is 20.8 Å². The van der Waals surface area contributed by atoms with Crippen LogP contribution in [0.5, 0.6) is 0 Å². The number of hydrogen-bond donors (Lipinski definition) is 2. The van der Waals surface area contributed by atoms with E-state index in [4.69, 9.17) is 0 Å². The Balaban J connectivity index is 2.19. The summed E-state index contributed by atoms with van der Waals surface area (Å²) >= 11 is 0. The molecule has 0 aliphatic rings. The van der Waals surface area contributed by atoms with E-state index in [0.29, 0.717) is 11.9 Å². The van der Waals surface area contributed by atoms with Crippen molar-refractivity contribution in [1.29, 1.82) is 0 Å². The molecule has 0 aromatic carbocycles. The van der Waals surface area contributed by atoms with Gasteiger partial charge in [0.25, 0.3) is 0 Å². The lowest BCUT2D eigenvalue weighted by atomic mass is 10.4. The first-order valence-electron chi connectivity index (χ1n) is 5.94. The molecule has 18 heavy (non-hydrogen) atoms. The fourth-order valence-corrected chi connectivity index (χ4v) is 1.58. The van der Waals surface area contributed by atoms with E-state index >= 15 is 0 Å². The van der Waals surface area contributed by atoms with E-state index in [-0.39, 0.29) is 0 Å². The van der Waals surface area contributed by atoms with Gasteiger partial charge in [0, 0.05) is 31.4 Å². The minimum absolute atomic E-state index is 0.348. The Morgan fingerprint density at radius 1 is 1.17 bits per heavy atom. The number of hydrogen-bond acceptors (Lipinski definition) is 5. The second kappa shape index (κ2) is 5.03. The molecular formula is C12H18N6. The van der Waals surface area contributed by atoms with Crippen LogP contribution >= 0.6 is 0 Å². The predicted octanol–water partition coefficient (Wildman–Crippen LogP) is 2.35. The summed E-state index contributed by atoms with van der Waals surface area (Å²) in [7, 11) is 1.83. The molecule has 2 heterocycles. The number of rotatable bonds is 4. The van der Waals surface area contributed by atoms with Crippen molar-refractivity contribution in [3.63, 3.8) is 0 Å². The summed E-state index contributed by atoms with van der Waals surface area (Å²) < 4.78 is 1.90. The molecule has 0 unspecified atom stereocenters. The minimum atomic E-state index is 0.348. The van der Waals surface area contributed by atoms with Gasteiger partial charge in [-0.2, -0.15) is 5.10 Å². The summed E-state index contributed by atoms with van der Waals surface area (Å²) in [4.78, 5) is 8.56. The topological polar surface area (TPSA) is 67.7 Å². The minimum Gasteiger partial charge on any atom is -0.373 e. The van der Waals surface area contributed by atoms with E-state index in [1.807, 2.05) is 37.0 Å². The lowest BCUT2D eigenvalue weighted by Crippen LogP contribution is -2.04. The summed E-state index contributed by atoms with van der Waals surface area (Å²) in [5.74, 6) is 3.02. The molecule has 6 nitrogen and oxygen atoms in total. The Kier molecular flexibility index (Phi) is 3.45. The zero-order valence-electron chi connectivity index (χ0n) is 11.1. The maximum Gasteiger partial charge on any atom is 0.153 e. The third-order valence-corrected chi connectivity index (χ3v) is 2.49. The van der Waals surface area contributed by atoms with Crippen LogP contribution in [0.15, 0.2) is 18.3 Å². The zero-order chi connectivity index (χ0) is 13.1. The summed E-state index contributed by atoms with van der Waals surface area (Å²) in [6.45, 7) is 6.04. The van der Waals surface area contributed by atoms with E-state index in [0.717, 1.165) is 17.5 Å². The van der Waals surface area contributed by atoms with E-state index in [9.17, 15) is 0 Å². The van der Waals surface area contributed by atoms with Crippen molar-refractivity contribution in [3.8, 4) is 0 Å². The first kappa shape index (κ1) is 12.3. The summed E-state index contributed by atoms with van der Waals surface area (Å²) in [6.07, 6.45) is 1.94. The first-order chi connectivity index (χ1) is 8.58. The van der Waals surface area contributed by atoms with Gasteiger partial charge in [0.1, 0.15) is 17.5 Å². The SMILES string of the molecule is CNc1cc(Nc2ccn(C(C)C)n2)nc(C)n1. The van der Waals surface area contributed by atoms with Crippen molar-refractivity contribution in [1.82, 2.24) is 19.7 Å². The van der Waals surface area contributed by atoms with E-state index in [1.54, 1.807) is 0 Å². The molecule has 2 N–H and O–H groups in total. The lowest BCUT2D eigenvalue weighted by molar-refractivity contribution is 0.534.